The van der Waals surface area contributed by atoms with Gasteiger partial charge in [-0.2, -0.15) is 10.4 Å². The molecule has 1 aliphatic rings. The van der Waals surface area contributed by atoms with Gasteiger partial charge in [0.2, 0.25) is 0 Å². The van der Waals surface area contributed by atoms with E-state index in [0.717, 1.165) is 60.5 Å². The fourth-order valence-electron chi connectivity index (χ4n) is 4.62. The van der Waals surface area contributed by atoms with Gasteiger partial charge in [0.05, 0.1) is 30.4 Å². The summed E-state index contributed by atoms with van der Waals surface area (Å²) in [6.07, 6.45) is 11.4. The van der Waals surface area contributed by atoms with Gasteiger partial charge in [-0.15, -0.1) is 0 Å². The first-order chi connectivity index (χ1) is 15.9. The van der Waals surface area contributed by atoms with Gasteiger partial charge in [-0.05, 0) is 37.3 Å². The second-order valence-electron chi connectivity index (χ2n) is 10.2. The summed E-state index contributed by atoms with van der Waals surface area (Å²) in [5, 5.41) is 14.9. The third kappa shape index (κ3) is 5.39. The Bertz CT molecular complexity index is 1140. The topological polar surface area (TPSA) is 98.6 Å². The summed E-state index contributed by atoms with van der Waals surface area (Å²) in [7, 11) is -1.12. The number of nitriles is 1. The molecule has 33 heavy (non-hydrogen) atoms. The highest BCUT2D eigenvalue weighted by Gasteiger charge is 2.32. The van der Waals surface area contributed by atoms with Crippen LogP contribution in [-0.2, 0) is 16.3 Å². The molecule has 4 rings (SSSR count). The smallest absolute Gasteiger partial charge is 0.145 e. The quantitative estimate of drug-likeness (QED) is 0.245. The highest BCUT2D eigenvalue weighted by Crippen LogP contribution is 2.39. The normalized spacial score (nSPS) is 19.6. The van der Waals surface area contributed by atoms with Gasteiger partial charge >= 0.3 is 0 Å². The maximum atomic E-state index is 11.2. The number of carbonyl (C=O) groups is 1. The zero-order chi connectivity index (χ0) is 23.4. The monoisotopic (exact) mass is 464 g/mol. The van der Waals surface area contributed by atoms with Crippen LogP contribution < -0.4 is 0 Å². The molecule has 0 aromatic carbocycles. The summed E-state index contributed by atoms with van der Waals surface area (Å²) in [6, 6.07) is 5.42. The third-order valence-corrected chi connectivity index (χ3v) is 8.25. The van der Waals surface area contributed by atoms with Crippen molar-refractivity contribution in [1.29, 1.82) is 5.26 Å². The minimum absolute atomic E-state index is 0.0320. The van der Waals surface area contributed by atoms with Crippen LogP contribution in [0.4, 0.5) is 0 Å². The number of hydrogen-bond donors (Lipinski definition) is 0. The minimum atomic E-state index is -1.12. The molecular formula is C24H32N6O2Si. The van der Waals surface area contributed by atoms with E-state index in [1.54, 1.807) is 12.5 Å². The molecule has 0 bridgehead atoms. The van der Waals surface area contributed by atoms with Crippen LogP contribution in [0.3, 0.4) is 0 Å². The average Bonchev–Trinajstić information content (AvgIpc) is 3.54. The van der Waals surface area contributed by atoms with Crippen molar-refractivity contribution in [1.82, 2.24) is 24.3 Å². The summed E-state index contributed by atoms with van der Waals surface area (Å²) >= 11 is 0. The van der Waals surface area contributed by atoms with E-state index in [1.807, 2.05) is 27.7 Å². The zero-order valence-corrected chi connectivity index (χ0v) is 20.6. The lowest BCUT2D eigenvalue weighted by Gasteiger charge is -2.21. The fourth-order valence-corrected chi connectivity index (χ4v) is 5.37. The Labute approximate surface area is 195 Å². The summed E-state index contributed by atoms with van der Waals surface area (Å²) < 4.78 is 9.81. The molecule has 1 aliphatic carbocycles. The Morgan fingerprint density at radius 2 is 2.18 bits per heavy atom. The highest BCUT2D eigenvalue weighted by atomic mass is 28.3. The lowest BCUT2D eigenvalue weighted by molar-refractivity contribution is -0.111. The molecule has 0 N–H and O–H groups in total. The molecule has 3 heterocycles. The molecule has 3 atom stereocenters. The molecule has 1 fully saturated rings. The molecular weight excluding hydrogens is 432 g/mol. The van der Waals surface area contributed by atoms with Crippen LogP contribution in [0.1, 0.15) is 31.7 Å². The number of aldehydes is 1. The van der Waals surface area contributed by atoms with Gasteiger partial charge in [0.25, 0.3) is 0 Å². The first-order valence-electron chi connectivity index (χ1n) is 11.6. The molecule has 0 spiro atoms. The van der Waals surface area contributed by atoms with Gasteiger partial charge in [-0.3, -0.25) is 4.68 Å². The van der Waals surface area contributed by atoms with Gasteiger partial charge < -0.3 is 14.1 Å². The molecule has 1 saturated carbocycles. The van der Waals surface area contributed by atoms with Crippen molar-refractivity contribution in [3.63, 3.8) is 0 Å². The van der Waals surface area contributed by atoms with Crippen molar-refractivity contribution in [3.8, 4) is 17.3 Å². The van der Waals surface area contributed by atoms with Gasteiger partial charge in [-0.25, -0.2) is 9.97 Å². The second-order valence-corrected chi connectivity index (χ2v) is 15.8. The number of carbonyl (C=O) groups excluding carboxylic acids is 1. The Balaban J connectivity index is 1.53. The fraction of sp³-hybridized carbons (Fsp3) is 0.542. The summed E-state index contributed by atoms with van der Waals surface area (Å²) in [4.78, 5) is 20.2. The predicted octanol–water partition coefficient (Wildman–Crippen LogP) is 4.68. The number of ether oxygens (including phenoxy) is 1. The van der Waals surface area contributed by atoms with Gasteiger partial charge in [0.1, 0.15) is 25.0 Å². The largest absolute Gasteiger partial charge is 0.361 e. The van der Waals surface area contributed by atoms with Crippen molar-refractivity contribution >= 4 is 25.4 Å². The van der Waals surface area contributed by atoms with E-state index in [-0.39, 0.29) is 17.9 Å². The zero-order valence-electron chi connectivity index (χ0n) is 19.6. The lowest BCUT2D eigenvalue weighted by Crippen LogP contribution is -2.22. The van der Waals surface area contributed by atoms with Crippen molar-refractivity contribution in [3.05, 3.63) is 31.0 Å². The van der Waals surface area contributed by atoms with Crippen LogP contribution in [0.2, 0.25) is 25.7 Å². The lowest BCUT2D eigenvalue weighted by atomic mass is 9.95. The Morgan fingerprint density at radius 1 is 1.33 bits per heavy atom. The maximum Gasteiger partial charge on any atom is 0.145 e. The van der Waals surface area contributed by atoms with Gasteiger partial charge in [0.15, 0.2) is 0 Å². The van der Waals surface area contributed by atoms with Crippen LogP contribution in [0.25, 0.3) is 22.3 Å². The molecule has 0 radical (unpaired) electrons. The van der Waals surface area contributed by atoms with Crippen molar-refractivity contribution < 1.29 is 9.53 Å². The van der Waals surface area contributed by atoms with Gasteiger partial charge in [-0.1, -0.05) is 19.6 Å². The van der Waals surface area contributed by atoms with E-state index < -0.39 is 8.07 Å². The predicted molar refractivity (Wildman–Crippen MR) is 129 cm³/mol. The number of fused-ring (bicyclic) bond motifs is 1. The van der Waals surface area contributed by atoms with E-state index >= 15 is 0 Å². The third-order valence-electron chi connectivity index (χ3n) is 6.55. The van der Waals surface area contributed by atoms with Crippen molar-refractivity contribution in [2.45, 2.75) is 64.1 Å². The average molecular weight is 465 g/mol. The standard InChI is InChI=1S/C24H32N6O2Si/c1-33(2,3)11-10-32-17-29-9-7-21-23(26-16-27-24(21)29)20-13-28-30(14-20)22(6-8-25)19-5-4-18(12-19)15-31/h7,9,13-16,18-19,22H,4-6,10-12,17H2,1-3H3/t18-,19-,22?/m0/s1. The van der Waals surface area contributed by atoms with Crippen LogP contribution in [0, 0.1) is 23.2 Å². The highest BCUT2D eigenvalue weighted by molar-refractivity contribution is 6.76. The molecule has 3 aromatic heterocycles. The second kappa shape index (κ2) is 9.97. The Kier molecular flexibility index (Phi) is 7.05. The molecule has 8 nitrogen and oxygen atoms in total. The summed E-state index contributed by atoms with van der Waals surface area (Å²) in [6.45, 7) is 8.25. The first kappa shape index (κ1) is 23.3. The van der Waals surface area contributed by atoms with E-state index in [0.29, 0.717) is 13.2 Å². The molecule has 3 aromatic rings. The number of rotatable bonds is 10. The molecule has 0 saturated heterocycles. The van der Waals surface area contributed by atoms with Crippen LogP contribution in [0.5, 0.6) is 0 Å². The van der Waals surface area contributed by atoms with E-state index in [9.17, 15) is 10.1 Å². The Morgan fingerprint density at radius 3 is 2.91 bits per heavy atom. The Hall–Kier alpha value is -2.83. The van der Waals surface area contributed by atoms with Crippen LogP contribution >= 0.6 is 0 Å². The number of aromatic nitrogens is 5. The molecule has 1 unspecified atom stereocenters. The first-order valence-corrected chi connectivity index (χ1v) is 15.3. The van der Waals surface area contributed by atoms with E-state index in [4.69, 9.17) is 4.74 Å². The van der Waals surface area contributed by atoms with Gasteiger partial charge in [0, 0.05) is 43.9 Å². The molecule has 9 heteroatoms. The minimum Gasteiger partial charge on any atom is -0.361 e. The van der Waals surface area contributed by atoms with E-state index in [2.05, 4.69) is 40.8 Å². The maximum absolute atomic E-state index is 11.2. The van der Waals surface area contributed by atoms with Crippen LogP contribution in [0.15, 0.2) is 31.0 Å². The number of hydrogen-bond acceptors (Lipinski definition) is 6. The van der Waals surface area contributed by atoms with Crippen molar-refractivity contribution in [2.75, 3.05) is 6.61 Å². The summed E-state index contributed by atoms with van der Waals surface area (Å²) in [5.74, 6) is 0.382. The molecule has 0 amide bonds. The summed E-state index contributed by atoms with van der Waals surface area (Å²) in [5.41, 5.74) is 2.55. The van der Waals surface area contributed by atoms with Crippen molar-refractivity contribution in [2.24, 2.45) is 11.8 Å². The molecule has 0 aliphatic heterocycles. The van der Waals surface area contributed by atoms with Crippen LogP contribution in [-0.4, -0.2) is 45.3 Å². The SMILES string of the molecule is C[Si](C)(C)CCOCn1ccc2c(-c3cnn(C(CC#N)[C@H]4CC[C@H](C=O)C4)c3)ncnc21. The van der Waals surface area contributed by atoms with E-state index in [1.165, 1.54) is 0 Å². The molecule has 174 valence electrons. The number of nitrogens with zero attached hydrogens (tertiary/aromatic N) is 6.